The Morgan fingerprint density at radius 1 is 1.40 bits per heavy atom. The average molecular weight is 377 g/mol. The molecule has 0 amide bonds. The van der Waals surface area contributed by atoms with Gasteiger partial charge in [-0.3, -0.25) is 4.72 Å². The fourth-order valence-corrected chi connectivity index (χ4v) is 3.75. The Labute approximate surface area is 130 Å². The number of nitrogens with one attached hydrogen (secondary N) is 1. The van der Waals surface area contributed by atoms with E-state index in [-0.39, 0.29) is 9.92 Å². The molecule has 0 aliphatic heterocycles. The first-order valence-corrected chi connectivity index (χ1v) is 8.15. The van der Waals surface area contributed by atoms with Crippen molar-refractivity contribution < 1.29 is 8.42 Å². The Morgan fingerprint density at radius 2 is 2.10 bits per heavy atom. The van der Waals surface area contributed by atoms with Gasteiger partial charge in [0.15, 0.2) is 0 Å². The zero-order chi connectivity index (χ0) is 14.9. The number of benzene rings is 1. The van der Waals surface area contributed by atoms with Crippen molar-refractivity contribution >= 4 is 48.9 Å². The summed E-state index contributed by atoms with van der Waals surface area (Å²) in [5, 5.41) is 0.263. The van der Waals surface area contributed by atoms with Crippen LogP contribution in [0.4, 0.5) is 11.4 Å². The minimum Gasteiger partial charge on any atom is -0.398 e. The second-order valence-electron chi connectivity index (χ2n) is 4.07. The molecule has 0 fully saturated rings. The predicted octanol–water partition coefficient (Wildman–Crippen LogP) is 3.19. The standard InChI is InChI=1S/C12H11BrClN3O2S/c1-7-9(15)5-8(14)6-11(7)20(18,19)17-10-3-2-4-16-12(10)13/h2-6,17H,15H2,1H3. The first-order valence-electron chi connectivity index (χ1n) is 5.50. The van der Waals surface area contributed by atoms with E-state index in [1.165, 1.54) is 12.1 Å². The fraction of sp³-hybridized carbons (Fsp3) is 0.0833. The van der Waals surface area contributed by atoms with Crippen LogP contribution < -0.4 is 10.5 Å². The summed E-state index contributed by atoms with van der Waals surface area (Å²) in [7, 11) is -3.80. The summed E-state index contributed by atoms with van der Waals surface area (Å²) >= 11 is 9.05. The Hall–Kier alpha value is -1.31. The van der Waals surface area contributed by atoms with Crippen LogP contribution >= 0.6 is 27.5 Å². The zero-order valence-corrected chi connectivity index (χ0v) is 13.6. The van der Waals surface area contributed by atoms with E-state index in [9.17, 15) is 8.42 Å². The number of pyridine rings is 1. The van der Waals surface area contributed by atoms with Crippen molar-refractivity contribution in [2.24, 2.45) is 0 Å². The van der Waals surface area contributed by atoms with Gasteiger partial charge in [0.25, 0.3) is 10.0 Å². The number of sulfonamides is 1. The lowest BCUT2D eigenvalue weighted by Crippen LogP contribution is -2.15. The summed E-state index contributed by atoms with van der Waals surface area (Å²) in [6.45, 7) is 1.62. The molecule has 0 radical (unpaired) electrons. The first-order chi connectivity index (χ1) is 9.31. The van der Waals surface area contributed by atoms with Crippen molar-refractivity contribution in [2.45, 2.75) is 11.8 Å². The van der Waals surface area contributed by atoms with Crippen molar-refractivity contribution in [2.75, 3.05) is 10.5 Å². The second-order valence-corrected chi connectivity index (χ2v) is 6.90. The number of aromatic nitrogens is 1. The minimum atomic E-state index is -3.80. The molecule has 106 valence electrons. The maximum atomic E-state index is 12.4. The molecule has 0 spiro atoms. The number of nitrogen functional groups attached to an aromatic ring is 1. The van der Waals surface area contributed by atoms with Crippen molar-refractivity contribution in [1.29, 1.82) is 0 Å². The van der Waals surface area contributed by atoms with Crippen molar-refractivity contribution in [3.8, 4) is 0 Å². The second kappa shape index (κ2) is 5.59. The quantitative estimate of drug-likeness (QED) is 0.636. The third kappa shape index (κ3) is 3.05. The van der Waals surface area contributed by atoms with Gasteiger partial charge in [0.2, 0.25) is 0 Å². The summed E-state index contributed by atoms with van der Waals surface area (Å²) in [6, 6.07) is 6.09. The molecule has 5 nitrogen and oxygen atoms in total. The topological polar surface area (TPSA) is 85.1 Å². The Kier molecular flexibility index (Phi) is 4.22. The predicted molar refractivity (Wildman–Crippen MR) is 83.3 cm³/mol. The molecule has 0 saturated carbocycles. The van der Waals surface area contributed by atoms with E-state index in [0.717, 1.165) is 0 Å². The van der Waals surface area contributed by atoms with Crippen LogP contribution in [-0.2, 0) is 10.0 Å². The minimum absolute atomic E-state index is 0.0400. The Balaban J connectivity index is 2.49. The summed E-state index contributed by atoms with van der Waals surface area (Å²) in [5.41, 5.74) is 6.85. The molecular formula is C12H11BrClN3O2S. The summed E-state index contributed by atoms with van der Waals surface area (Å²) < 4.78 is 27.7. The lowest BCUT2D eigenvalue weighted by Gasteiger charge is -2.13. The molecule has 0 aliphatic carbocycles. The van der Waals surface area contributed by atoms with Gasteiger partial charge in [0.05, 0.1) is 10.6 Å². The molecule has 2 aromatic rings. The van der Waals surface area contributed by atoms with Crippen LogP contribution in [0.2, 0.25) is 5.02 Å². The van der Waals surface area contributed by atoms with Crippen LogP contribution in [0.1, 0.15) is 5.56 Å². The highest BCUT2D eigenvalue weighted by Gasteiger charge is 2.20. The van der Waals surface area contributed by atoms with Crippen LogP contribution in [0.15, 0.2) is 40.0 Å². The summed E-state index contributed by atoms with van der Waals surface area (Å²) in [5.74, 6) is 0. The highest BCUT2D eigenvalue weighted by Crippen LogP contribution is 2.28. The average Bonchev–Trinajstić information content (AvgIpc) is 2.36. The molecule has 1 aromatic heterocycles. The smallest absolute Gasteiger partial charge is 0.262 e. The Morgan fingerprint density at radius 3 is 2.75 bits per heavy atom. The Bertz CT molecular complexity index is 765. The number of rotatable bonds is 3. The molecule has 20 heavy (non-hydrogen) atoms. The van der Waals surface area contributed by atoms with Crippen LogP contribution in [0.5, 0.6) is 0 Å². The monoisotopic (exact) mass is 375 g/mol. The number of hydrogen-bond acceptors (Lipinski definition) is 4. The number of nitrogens with zero attached hydrogens (tertiary/aromatic N) is 1. The normalized spacial score (nSPS) is 11.3. The lowest BCUT2D eigenvalue weighted by molar-refractivity contribution is 0.600. The van der Waals surface area contributed by atoms with Gasteiger partial charge in [-0.15, -0.1) is 0 Å². The fourth-order valence-electron chi connectivity index (χ4n) is 1.62. The molecular weight excluding hydrogens is 366 g/mol. The SMILES string of the molecule is Cc1c(N)cc(Cl)cc1S(=O)(=O)Nc1cccnc1Br. The zero-order valence-electron chi connectivity index (χ0n) is 10.4. The summed E-state index contributed by atoms with van der Waals surface area (Å²) in [6.07, 6.45) is 1.55. The van der Waals surface area contributed by atoms with E-state index < -0.39 is 10.0 Å². The molecule has 1 aromatic carbocycles. The molecule has 0 atom stereocenters. The van der Waals surface area contributed by atoms with Gasteiger partial charge in [0.1, 0.15) is 4.60 Å². The van der Waals surface area contributed by atoms with Crippen LogP contribution in [0, 0.1) is 6.92 Å². The molecule has 0 aliphatic rings. The number of anilines is 2. The van der Waals surface area contributed by atoms with Crippen LogP contribution in [-0.4, -0.2) is 13.4 Å². The summed E-state index contributed by atoms with van der Waals surface area (Å²) in [4.78, 5) is 3.99. The maximum Gasteiger partial charge on any atom is 0.262 e. The maximum absolute atomic E-state index is 12.4. The van der Waals surface area contributed by atoms with Crippen molar-refractivity contribution in [3.63, 3.8) is 0 Å². The molecule has 0 saturated heterocycles. The number of hydrogen-bond donors (Lipinski definition) is 2. The largest absolute Gasteiger partial charge is 0.398 e. The lowest BCUT2D eigenvalue weighted by atomic mass is 10.2. The van der Waals surface area contributed by atoms with Gasteiger partial charge in [-0.1, -0.05) is 11.6 Å². The number of nitrogens with two attached hydrogens (primary N) is 1. The highest BCUT2D eigenvalue weighted by molar-refractivity contribution is 9.10. The van der Waals surface area contributed by atoms with Crippen LogP contribution in [0.25, 0.3) is 0 Å². The molecule has 1 heterocycles. The van der Waals surface area contributed by atoms with Crippen molar-refractivity contribution in [3.05, 3.63) is 45.7 Å². The van der Waals surface area contributed by atoms with Gasteiger partial charge in [-0.05, 0) is 52.7 Å². The molecule has 3 N–H and O–H groups in total. The van der Waals surface area contributed by atoms with E-state index in [1.54, 1.807) is 25.3 Å². The van der Waals surface area contributed by atoms with Gasteiger partial charge < -0.3 is 5.73 Å². The molecule has 8 heteroatoms. The van der Waals surface area contributed by atoms with E-state index in [4.69, 9.17) is 17.3 Å². The molecule has 0 unspecified atom stereocenters. The van der Waals surface area contributed by atoms with Crippen LogP contribution in [0.3, 0.4) is 0 Å². The number of halogens is 2. The van der Waals surface area contributed by atoms with Gasteiger partial charge in [-0.2, -0.15) is 0 Å². The highest BCUT2D eigenvalue weighted by atomic mass is 79.9. The third-order valence-corrected chi connectivity index (χ3v) is 5.00. The van der Waals surface area contributed by atoms with Gasteiger partial charge in [-0.25, -0.2) is 13.4 Å². The third-order valence-electron chi connectivity index (χ3n) is 2.66. The van der Waals surface area contributed by atoms with E-state index in [1.807, 2.05) is 0 Å². The van der Waals surface area contributed by atoms with E-state index >= 15 is 0 Å². The van der Waals surface area contributed by atoms with E-state index in [2.05, 4.69) is 25.6 Å². The molecule has 0 bridgehead atoms. The first kappa shape index (κ1) is 15.1. The van der Waals surface area contributed by atoms with Gasteiger partial charge in [0, 0.05) is 16.9 Å². The molecule has 2 rings (SSSR count). The van der Waals surface area contributed by atoms with Crippen molar-refractivity contribution in [1.82, 2.24) is 4.98 Å². The van der Waals surface area contributed by atoms with Gasteiger partial charge >= 0.3 is 0 Å². The van der Waals surface area contributed by atoms with E-state index in [0.29, 0.717) is 21.5 Å².